The molecule has 0 fully saturated rings. The van der Waals surface area contributed by atoms with Crippen molar-refractivity contribution in [3.05, 3.63) is 70.8 Å². The highest BCUT2D eigenvalue weighted by Crippen LogP contribution is 2.29. The monoisotopic (exact) mass is 378 g/mol. The fourth-order valence-electron chi connectivity index (χ4n) is 2.45. The fraction of sp³-hybridized carbons (Fsp3) is 0.333. The minimum Gasteiger partial charge on any atom is -0.451 e. The van der Waals surface area contributed by atoms with Crippen LogP contribution < -0.4 is 0 Å². The molecule has 6 heteroatoms. The fourth-order valence-corrected chi connectivity index (χ4v) is 2.45. The van der Waals surface area contributed by atoms with Gasteiger partial charge in [0.05, 0.1) is 11.1 Å². The van der Waals surface area contributed by atoms with Gasteiger partial charge in [-0.15, -0.1) is 0 Å². The molecule has 0 spiro atoms. The summed E-state index contributed by atoms with van der Waals surface area (Å²) in [5.41, 5.74) is 0.499. The normalized spacial score (nSPS) is 13.1. The molecule has 0 unspecified atom stereocenters. The van der Waals surface area contributed by atoms with E-state index in [4.69, 9.17) is 4.74 Å². The number of benzene rings is 2. The van der Waals surface area contributed by atoms with Gasteiger partial charge in [0.1, 0.15) is 0 Å². The Morgan fingerprint density at radius 3 is 1.70 bits per heavy atom. The molecule has 0 aliphatic carbocycles. The van der Waals surface area contributed by atoms with E-state index < -0.39 is 23.8 Å². The number of esters is 1. The van der Waals surface area contributed by atoms with Gasteiger partial charge in [-0.3, -0.25) is 4.79 Å². The Morgan fingerprint density at radius 1 is 0.815 bits per heavy atom. The molecule has 0 saturated heterocycles. The molecule has 144 valence electrons. The molecule has 0 aromatic heterocycles. The maximum Gasteiger partial charge on any atom is 0.416 e. The van der Waals surface area contributed by atoms with Crippen LogP contribution in [0.25, 0.3) is 0 Å². The molecule has 0 bridgehead atoms. The van der Waals surface area contributed by atoms with Crippen LogP contribution in [0.3, 0.4) is 0 Å². The SMILES string of the molecule is C[C@H](OC(=O)c1ccc(C(F)(F)F)cc1)C(=O)c1ccc(C(C)(C)C)cc1. The summed E-state index contributed by atoms with van der Waals surface area (Å²) in [7, 11) is 0. The minimum absolute atomic E-state index is 0.0502. The van der Waals surface area contributed by atoms with Crippen molar-refractivity contribution < 1.29 is 27.5 Å². The third kappa shape index (κ3) is 5.18. The molecule has 0 amide bonds. The van der Waals surface area contributed by atoms with E-state index in [9.17, 15) is 22.8 Å². The van der Waals surface area contributed by atoms with Crippen molar-refractivity contribution in [1.29, 1.82) is 0 Å². The first-order valence-electron chi connectivity index (χ1n) is 8.42. The van der Waals surface area contributed by atoms with Crippen molar-refractivity contribution in [2.75, 3.05) is 0 Å². The number of carbonyl (C=O) groups excluding carboxylic acids is 2. The lowest BCUT2D eigenvalue weighted by molar-refractivity contribution is -0.137. The quantitative estimate of drug-likeness (QED) is 0.526. The van der Waals surface area contributed by atoms with Gasteiger partial charge in [0.25, 0.3) is 0 Å². The van der Waals surface area contributed by atoms with Crippen LogP contribution in [0, 0.1) is 0 Å². The molecule has 0 radical (unpaired) electrons. The van der Waals surface area contributed by atoms with Gasteiger partial charge in [0.2, 0.25) is 5.78 Å². The van der Waals surface area contributed by atoms with Crippen LogP contribution in [0.5, 0.6) is 0 Å². The van der Waals surface area contributed by atoms with Crippen LogP contribution in [-0.4, -0.2) is 17.9 Å². The first-order chi connectivity index (χ1) is 12.4. The second-order valence-corrected chi connectivity index (χ2v) is 7.31. The van der Waals surface area contributed by atoms with E-state index in [2.05, 4.69) is 20.8 Å². The Morgan fingerprint density at radius 2 is 1.26 bits per heavy atom. The van der Waals surface area contributed by atoms with Crippen LogP contribution in [-0.2, 0) is 16.3 Å². The molecule has 2 rings (SSSR count). The van der Waals surface area contributed by atoms with Gasteiger partial charge in [0, 0.05) is 5.56 Å². The van der Waals surface area contributed by atoms with Crippen LogP contribution in [0.4, 0.5) is 13.2 Å². The van der Waals surface area contributed by atoms with E-state index in [0.29, 0.717) is 5.56 Å². The average molecular weight is 378 g/mol. The van der Waals surface area contributed by atoms with E-state index in [1.54, 1.807) is 12.1 Å². The van der Waals surface area contributed by atoms with Crippen molar-refractivity contribution in [2.24, 2.45) is 0 Å². The second kappa shape index (κ2) is 7.55. The van der Waals surface area contributed by atoms with E-state index in [1.807, 2.05) is 12.1 Å². The summed E-state index contributed by atoms with van der Waals surface area (Å²) >= 11 is 0. The van der Waals surface area contributed by atoms with Crippen LogP contribution >= 0.6 is 0 Å². The Labute approximate surface area is 156 Å². The number of hydrogen-bond acceptors (Lipinski definition) is 3. The third-order valence-corrected chi connectivity index (χ3v) is 4.14. The summed E-state index contributed by atoms with van der Waals surface area (Å²) in [6.45, 7) is 7.59. The largest absolute Gasteiger partial charge is 0.451 e. The van der Waals surface area contributed by atoms with Gasteiger partial charge in [-0.25, -0.2) is 4.79 Å². The van der Waals surface area contributed by atoms with E-state index in [1.165, 1.54) is 6.92 Å². The molecule has 2 aromatic carbocycles. The minimum atomic E-state index is -4.48. The maximum absolute atomic E-state index is 12.6. The molecular formula is C21H21F3O3. The predicted octanol–water partition coefficient (Wildman–Crippen LogP) is 5.43. The van der Waals surface area contributed by atoms with Crippen molar-refractivity contribution in [1.82, 2.24) is 0 Å². The highest BCUT2D eigenvalue weighted by Gasteiger charge is 2.30. The number of carbonyl (C=O) groups is 2. The van der Waals surface area contributed by atoms with E-state index in [-0.39, 0.29) is 16.8 Å². The van der Waals surface area contributed by atoms with Crippen molar-refractivity contribution in [3.63, 3.8) is 0 Å². The van der Waals surface area contributed by atoms with Crippen molar-refractivity contribution in [2.45, 2.75) is 45.4 Å². The number of rotatable bonds is 4. The first-order valence-corrected chi connectivity index (χ1v) is 8.42. The molecule has 1 atom stereocenters. The number of Topliss-reactive ketones (excluding diaryl/α,β-unsaturated/α-hetero) is 1. The lowest BCUT2D eigenvalue weighted by Gasteiger charge is -2.19. The molecule has 0 heterocycles. The van der Waals surface area contributed by atoms with Crippen molar-refractivity contribution in [3.8, 4) is 0 Å². The molecule has 3 nitrogen and oxygen atoms in total. The zero-order chi connectivity index (χ0) is 20.4. The molecule has 27 heavy (non-hydrogen) atoms. The molecule has 0 aliphatic heterocycles. The summed E-state index contributed by atoms with van der Waals surface area (Å²) in [5.74, 6) is -1.23. The summed E-state index contributed by atoms with van der Waals surface area (Å²) in [6.07, 6.45) is -5.54. The molecule has 0 N–H and O–H groups in total. The van der Waals surface area contributed by atoms with E-state index >= 15 is 0 Å². The molecular weight excluding hydrogens is 357 g/mol. The van der Waals surface area contributed by atoms with Gasteiger partial charge >= 0.3 is 12.1 Å². The highest BCUT2D eigenvalue weighted by atomic mass is 19.4. The van der Waals surface area contributed by atoms with Crippen LogP contribution in [0.15, 0.2) is 48.5 Å². The van der Waals surface area contributed by atoms with Crippen LogP contribution in [0.1, 0.15) is 59.5 Å². The van der Waals surface area contributed by atoms with Gasteiger partial charge in [-0.05, 0) is 42.2 Å². The number of ether oxygens (including phenoxy) is 1. The lowest BCUT2D eigenvalue weighted by atomic mass is 9.86. The smallest absolute Gasteiger partial charge is 0.416 e. The zero-order valence-electron chi connectivity index (χ0n) is 15.6. The van der Waals surface area contributed by atoms with E-state index in [0.717, 1.165) is 29.8 Å². The van der Waals surface area contributed by atoms with Gasteiger partial charge in [-0.2, -0.15) is 13.2 Å². The Bertz CT molecular complexity index is 814. The average Bonchev–Trinajstić information content (AvgIpc) is 2.59. The zero-order valence-corrected chi connectivity index (χ0v) is 15.6. The summed E-state index contributed by atoms with van der Waals surface area (Å²) in [6, 6.07) is 10.7. The Hall–Kier alpha value is -2.63. The van der Waals surface area contributed by atoms with Crippen molar-refractivity contribution >= 4 is 11.8 Å². The third-order valence-electron chi connectivity index (χ3n) is 4.14. The van der Waals surface area contributed by atoms with Gasteiger partial charge < -0.3 is 4.74 Å². The maximum atomic E-state index is 12.6. The predicted molar refractivity (Wildman–Crippen MR) is 95.8 cm³/mol. The topological polar surface area (TPSA) is 43.4 Å². The van der Waals surface area contributed by atoms with Gasteiger partial charge in [-0.1, -0.05) is 45.0 Å². The molecule has 2 aromatic rings. The molecule has 0 aliphatic rings. The number of halogens is 3. The number of ketones is 1. The standard InChI is InChI=1S/C21H21F3O3/c1-13(18(25)14-5-9-16(10-6-14)20(2,3)4)27-19(26)15-7-11-17(12-8-15)21(22,23)24/h5-13H,1-4H3/t13-/m0/s1. The van der Waals surface area contributed by atoms with Crippen LogP contribution in [0.2, 0.25) is 0 Å². The summed E-state index contributed by atoms with van der Waals surface area (Å²) < 4.78 is 42.8. The second-order valence-electron chi connectivity index (χ2n) is 7.31. The highest BCUT2D eigenvalue weighted by molar-refractivity contribution is 6.01. The Kier molecular flexibility index (Phi) is 5.78. The summed E-state index contributed by atoms with van der Waals surface area (Å²) in [5, 5.41) is 0. The van der Waals surface area contributed by atoms with Gasteiger partial charge in [0.15, 0.2) is 6.10 Å². The summed E-state index contributed by atoms with van der Waals surface area (Å²) in [4.78, 5) is 24.5. The Balaban J connectivity index is 2.06. The number of alkyl halides is 3. The first kappa shape index (κ1) is 20.7. The lowest BCUT2D eigenvalue weighted by Crippen LogP contribution is -2.24. The molecule has 0 saturated carbocycles. The number of hydrogen-bond donors (Lipinski definition) is 0.